The number of pyridine rings is 1. The number of benzene rings is 1. The minimum absolute atomic E-state index is 0.230. The summed E-state index contributed by atoms with van der Waals surface area (Å²) in [6.45, 7) is 5.40. The van der Waals surface area contributed by atoms with Crippen LogP contribution in [0.15, 0.2) is 41.6 Å². The van der Waals surface area contributed by atoms with E-state index in [1.165, 1.54) is 0 Å². The van der Waals surface area contributed by atoms with Crippen LogP contribution in [0.3, 0.4) is 0 Å². The number of amides is 1. The molecule has 0 unspecified atom stereocenters. The fraction of sp³-hybridized carbons (Fsp3) is 0.294. The molecule has 1 amide bonds. The highest BCUT2D eigenvalue weighted by Crippen LogP contribution is 2.21. The van der Waals surface area contributed by atoms with Gasteiger partial charge in [0.25, 0.3) is 0 Å². The number of nitrogens with zero attached hydrogens (tertiary/aromatic N) is 1. The van der Waals surface area contributed by atoms with Crippen molar-refractivity contribution in [1.82, 2.24) is 15.0 Å². The van der Waals surface area contributed by atoms with Crippen molar-refractivity contribution in [2.75, 3.05) is 6.54 Å². The van der Waals surface area contributed by atoms with Gasteiger partial charge in [0.15, 0.2) is 0 Å². The zero-order valence-corrected chi connectivity index (χ0v) is 14.8. The van der Waals surface area contributed by atoms with Crippen molar-refractivity contribution in [3.8, 4) is 0 Å². The normalized spacial score (nSPS) is 11.3. The van der Waals surface area contributed by atoms with Crippen LogP contribution in [0, 0.1) is 20.8 Å². The third-order valence-corrected chi connectivity index (χ3v) is 5.21. The fourth-order valence-corrected chi connectivity index (χ4v) is 4.02. The second-order valence-electron chi connectivity index (χ2n) is 5.69. The summed E-state index contributed by atoms with van der Waals surface area (Å²) >= 11 is 0. The number of hydrogen-bond donors (Lipinski definition) is 2. The summed E-state index contributed by atoms with van der Waals surface area (Å²) in [5, 5.41) is 2.66. The quantitative estimate of drug-likeness (QED) is 0.831. The second-order valence-corrected chi connectivity index (χ2v) is 7.39. The van der Waals surface area contributed by atoms with E-state index in [1.54, 1.807) is 32.3 Å². The lowest BCUT2D eigenvalue weighted by Crippen LogP contribution is -2.37. The van der Waals surface area contributed by atoms with Crippen molar-refractivity contribution in [3.63, 3.8) is 0 Å². The molecule has 1 aromatic carbocycles. The minimum atomic E-state index is -3.74. The number of hydrogen-bond acceptors (Lipinski definition) is 4. The highest BCUT2D eigenvalue weighted by atomic mass is 32.2. The van der Waals surface area contributed by atoms with Crippen LogP contribution in [0.4, 0.5) is 0 Å². The Morgan fingerprint density at radius 2 is 1.83 bits per heavy atom. The summed E-state index contributed by atoms with van der Waals surface area (Å²) in [6.07, 6.45) is 3.29. The molecule has 24 heavy (non-hydrogen) atoms. The van der Waals surface area contributed by atoms with Crippen LogP contribution >= 0.6 is 0 Å². The maximum atomic E-state index is 12.5. The number of carbonyl (C=O) groups excluding carboxylic acids is 1. The standard InChI is InChI=1S/C17H21N3O3S/c1-12-7-13(2)17(14(3)8-12)24(22,23)20-11-16(21)19-10-15-5-4-6-18-9-15/h4-9,20H,10-11H2,1-3H3,(H,19,21). The molecule has 0 bridgehead atoms. The second kappa shape index (κ2) is 7.55. The Labute approximate surface area is 142 Å². The first-order chi connectivity index (χ1) is 11.3. The average Bonchev–Trinajstić information content (AvgIpc) is 2.50. The van der Waals surface area contributed by atoms with Crippen molar-refractivity contribution in [3.05, 3.63) is 58.9 Å². The molecule has 0 radical (unpaired) electrons. The van der Waals surface area contributed by atoms with Gasteiger partial charge in [-0.25, -0.2) is 13.1 Å². The predicted octanol–water partition coefficient (Wildman–Crippen LogP) is 1.60. The zero-order chi connectivity index (χ0) is 17.7. The van der Waals surface area contributed by atoms with Gasteiger partial charge in [-0.3, -0.25) is 9.78 Å². The zero-order valence-electron chi connectivity index (χ0n) is 14.0. The van der Waals surface area contributed by atoms with Crippen LogP contribution in [-0.2, 0) is 21.4 Å². The Hall–Kier alpha value is -2.25. The molecule has 0 saturated carbocycles. The van der Waals surface area contributed by atoms with Gasteiger partial charge in [-0.1, -0.05) is 23.8 Å². The van der Waals surface area contributed by atoms with Gasteiger partial charge >= 0.3 is 0 Å². The number of rotatable bonds is 6. The van der Waals surface area contributed by atoms with Gasteiger partial charge in [0.1, 0.15) is 0 Å². The molecule has 0 aliphatic heterocycles. The number of nitrogens with one attached hydrogen (secondary N) is 2. The van der Waals surface area contributed by atoms with Crippen LogP contribution in [0.1, 0.15) is 22.3 Å². The van der Waals surface area contributed by atoms with Crippen molar-refractivity contribution in [2.24, 2.45) is 0 Å². The van der Waals surface area contributed by atoms with Gasteiger partial charge in [0.2, 0.25) is 15.9 Å². The first kappa shape index (κ1) is 18.1. The predicted molar refractivity (Wildman–Crippen MR) is 91.9 cm³/mol. The molecule has 7 heteroatoms. The molecular formula is C17H21N3O3S. The lowest BCUT2D eigenvalue weighted by molar-refractivity contribution is -0.120. The molecular weight excluding hydrogens is 326 g/mol. The van der Waals surface area contributed by atoms with E-state index < -0.39 is 15.9 Å². The highest BCUT2D eigenvalue weighted by molar-refractivity contribution is 7.89. The number of aryl methyl sites for hydroxylation is 3. The molecule has 0 aliphatic rings. The monoisotopic (exact) mass is 347 g/mol. The molecule has 0 spiro atoms. The average molecular weight is 347 g/mol. The Balaban J connectivity index is 1.99. The number of sulfonamides is 1. The number of carbonyl (C=O) groups is 1. The minimum Gasteiger partial charge on any atom is -0.351 e. The summed E-state index contributed by atoms with van der Waals surface area (Å²) in [7, 11) is -3.74. The Morgan fingerprint density at radius 3 is 2.42 bits per heavy atom. The Morgan fingerprint density at radius 1 is 1.17 bits per heavy atom. The SMILES string of the molecule is Cc1cc(C)c(S(=O)(=O)NCC(=O)NCc2cccnc2)c(C)c1. The van der Waals surface area contributed by atoms with Crippen LogP contribution < -0.4 is 10.0 Å². The topological polar surface area (TPSA) is 88.2 Å². The summed E-state index contributed by atoms with van der Waals surface area (Å²) in [5.41, 5.74) is 3.17. The molecule has 0 saturated heterocycles. The summed E-state index contributed by atoms with van der Waals surface area (Å²) in [4.78, 5) is 16.0. The van der Waals surface area contributed by atoms with Gasteiger partial charge in [0.05, 0.1) is 11.4 Å². The number of aromatic nitrogens is 1. The van der Waals surface area contributed by atoms with E-state index in [4.69, 9.17) is 0 Å². The Kier molecular flexibility index (Phi) is 5.69. The molecule has 0 aliphatic carbocycles. The van der Waals surface area contributed by atoms with Crippen LogP contribution in [0.25, 0.3) is 0 Å². The molecule has 0 atom stereocenters. The summed E-state index contributed by atoms with van der Waals surface area (Å²) in [6, 6.07) is 7.22. The summed E-state index contributed by atoms with van der Waals surface area (Å²) in [5.74, 6) is -0.398. The van der Waals surface area contributed by atoms with Crippen molar-refractivity contribution < 1.29 is 13.2 Å². The van der Waals surface area contributed by atoms with Gasteiger partial charge in [-0.05, 0) is 43.5 Å². The van der Waals surface area contributed by atoms with E-state index in [9.17, 15) is 13.2 Å². The van der Waals surface area contributed by atoms with Crippen molar-refractivity contribution in [2.45, 2.75) is 32.2 Å². The lowest BCUT2D eigenvalue weighted by Gasteiger charge is -2.13. The molecule has 0 fully saturated rings. The van der Waals surface area contributed by atoms with Crippen LogP contribution in [0.5, 0.6) is 0 Å². The van der Waals surface area contributed by atoms with Gasteiger partial charge < -0.3 is 5.32 Å². The fourth-order valence-electron chi connectivity index (χ4n) is 2.59. The maximum Gasteiger partial charge on any atom is 0.241 e. The summed E-state index contributed by atoms with van der Waals surface area (Å²) < 4.78 is 27.3. The molecule has 6 nitrogen and oxygen atoms in total. The van der Waals surface area contributed by atoms with Crippen LogP contribution in [0.2, 0.25) is 0 Å². The van der Waals surface area contributed by atoms with Gasteiger partial charge in [0, 0.05) is 18.9 Å². The molecule has 1 heterocycles. The lowest BCUT2D eigenvalue weighted by atomic mass is 10.1. The first-order valence-corrected chi connectivity index (χ1v) is 9.01. The van der Waals surface area contributed by atoms with Crippen molar-refractivity contribution in [1.29, 1.82) is 0 Å². The Bertz CT molecular complexity index is 810. The third kappa shape index (κ3) is 4.62. The van der Waals surface area contributed by atoms with E-state index >= 15 is 0 Å². The van der Waals surface area contributed by atoms with E-state index in [2.05, 4.69) is 15.0 Å². The molecule has 2 N–H and O–H groups in total. The molecule has 1 aromatic heterocycles. The molecule has 128 valence electrons. The maximum absolute atomic E-state index is 12.5. The third-order valence-electron chi connectivity index (χ3n) is 3.51. The van der Waals surface area contributed by atoms with E-state index in [1.807, 2.05) is 25.1 Å². The smallest absolute Gasteiger partial charge is 0.241 e. The highest BCUT2D eigenvalue weighted by Gasteiger charge is 2.20. The van der Waals surface area contributed by atoms with Gasteiger partial charge in [-0.15, -0.1) is 0 Å². The molecule has 2 aromatic rings. The van der Waals surface area contributed by atoms with E-state index in [0.29, 0.717) is 17.7 Å². The van der Waals surface area contributed by atoms with Crippen molar-refractivity contribution >= 4 is 15.9 Å². The van der Waals surface area contributed by atoms with E-state index in [-0.39, 0.29) is 11.4 Å². The first-order valence-electron chi connectivity index (χ1n) is 7.53. The van der Waals surface area contributed by atoms with Crippen LogP contribution in [-0.4, -0.2) is 25.9 Å². The molecule has 2 rings (SSSR count). The largest absolute Gasteiger partial charge is 0.351 e. The van der Waals surface area contributed by atoms with Gasteiger partial charge in [-0.2, -0.15) is 0 Å². The van der Waals surface area contributed by atoms with E-state index in [0.717, 1.165) is 11.1 Å².